The molecular formula is C14H10N4O. The van der Waals surface area contributed by atoms with E-state index in [2.05, 4.69) is 27.1 Å². The SMILES string of the molecule is [N-]=[N+]=NCc1ncc(-c2cccc3ccccc23)o1. The summed E-state index contributed by atoms with van der Waals surface area (Å²) in [4.78, 5) is 6.79. The Morgan fingerprint density at radius 1 is 1.16 bits per heavy atom. The number of benzene rings is 2. The van der Waals surface area contributed by atoms with Crippen molar-refractivity contribution in [1.29, 1.82) is 0 Å². The summed E-state index contributed by atoms with van der Waals surface area (Å²) in [6.45, 7) is 0.126. The average molecular weight is 250 g/mol. The maximum atomic E-state index is 8.28. The van der Waals surface area contributed by atoms with Gasteiger partial charge >= 0.3 is 0 Å². The van der Waals surface area contributed by atoms with Crippen molar-refractivity contribution in [3.05, 3.63) is 65.0 Å². The zero-order valence-corrected chi connectivity index (χ0v) is 10.0. The highest BCUT2D eigenvalue weighted by atomic mass is 16.4. The van der Waals surface area contributed by atoms with E-state index in [1.165, 1.54) is 0 Å². The maximum absolute atomic E-state index is 8.28. The van der Waals surface area contributed by atoms with Crippen LogP contribution in [-0.2, 0) is 6.54 Å². The van der Waals surface area contributed by atoms with E-state index in [0.29, 0.717) is 11.7 Å². The lowest BCUT2D eigenvalue weighted by Crippen LogP contribution is -1.78. The standard InChI is InChI=1S/C14H10N4O/c15-18-17-9-14-16-8-13(19-14)12-7-3-5-10-4-1-2-6-11(10)12/h1-8H,9H2. The van der Waals surface area contributed by atoms with Crippen LogP contribution in [0.4, 0.5) is 0 Å². The topological polar surface area (TPSA) is 74.8 Å². The van der Waals surface area contributed by atoms with Crippen LogP contribution in [0.1, 0.15) is 5.89 Å². The minimum absolute atomic E-state index is 0.126. The highest BCUT2D eigenvalue weighted by molar-refractivity contribution is 5.95. The van der Waals surface area contributed by atoms with Gasteiger partial charge in [0.1, 0.15) is 6.54 Å². The minimum Gasteiger partial charge on any atom is -0.441 e. The molecule has 0 spiro atoms. The minimum atomic E-state index is 0.126. The molecule has 0 saturated carbocycles. The van der Waals surface area contributed by atoms with E-state index in [-0.39, 0.29) is 6.54 Å². The van der Waals surface area contributed by atoms with Crippen LogP contribution in [0.25, 0.3) is 32.5 Å². The molecule has 0 amide bonds. The Labute approximate surface area is 109 Å². The van der Waals surface area contributed by atoms with Gasteiger partial charge in [-0.1, -0.05) is 47.6 Å². The number of azide groups is 1. The largest absolute Gasteiger partial charge is 0.441 e. The first-order valence-electron chi connectivity index (χ1n) is 5.82. The van der Waals surface area contributed by atoms with Crippen molar-refractivity contribution >= 4 is 10.8 Å². The highest BCUT2D eigenvalue weighted by Gasteiger charge is 2.08. The summed E-state index contributed by atoms with van der Waals surface area (Å²) in [5.41, 5.74) is 9.27. The predicted molar refractivity (Wildman–Crippen MR) is 72.3 cm³/mol. The Balaban J connectivity index is 2.09. The van der Waals surface area contributed by atoms with E-state index in [4.69, 9.17) is 9.95 Å². The van der Waals surface area contributed by atoms with Crippen LogP contribution in [-0.4, -0.2) is 4.98 Å². The normalized spacial score (nSPS) is 10.3. The number of rotatable bonds is 3. The third-order valence-electron chi connectivity index (χ3n) is 2.88. The molecule has 0 radical (unpaired) electrons. The fourth-order valence-electron chi connectivity index (χ4n) is 2.04. The second-order valence-electron chi connectivity index (χ2n) is 4.03. The Hall–Kier alpha value is -2.78. The molecule has 0 saturated heterocycles. The van der Waals surface area contributed by atoms with Crippen LogP contribution in [0, 0.1) is 0 Å². The maximum Gasteiger partial charge on any atom is 0.200 e. The molecule has 1 heterocycles. The lowest BCUT2D eigenvalue weighted by molar-refractivity contribution is 0.509. The highest BCUT2D eigenvalue weighted by Crippen LogP contribution is 2.29. The Morgan fingerprint density at radius 2 is 2.00 bits per heavy atom. The van der Waals surface area contributed by atoms with E-state index in [1.54, 1.807) is 6.20 Å². The van der Waals surface area contributed by atoms with Crippen LogP contribution in [0.3, 0.4) is 0 Å². The Kier molecular flexibility index (Phi) is 2.88. The smallest absolute Gasteiger partial charge is 0.200 e. The van der Waals surface area contributed by atoms with Gasteiger partial charge in [0.25, 0.3) is 0 Å². The molecule has 0 fully saturated rings. The monoisotopic (exact) mass is 250 g/mol. The number of oxazole rings is 1. The van der Waals surface area contributed by atoms with Gasteiger partial charge < -0.3 is 4.42 Å². The Morgan fingerprint density at radius 3 is 2.89 bits per heavy atom. The quantitative estimate of drug-likeness (QED) is 0.394. The molecule has 2 aromatic carbocycles. The Bertz CT molecular complexity index is 766. The second kappa shape index (κ2) is 4.84. The van der Waals surface area contributed by atoms with Crippen LogP contribution in [0.2, 0.25) is 0 Å². The first-order chi connectivity index (χ1) is 9.38. The zero-order valence-electron chi connectivity index (χ0n) is 10.0. The molecular weight excluding hydrogens is 240 g/mol. The molecule has 0 N–H and O–H groups in total. The van der Waals surface area contributed by atoms with Crippen molar-refractivity contribution in [2.75, 3.05) is 0 Å². The van der Waals surface area contributed by atoms with Crippen molar-refractivity contribution in [3.8, 4) is 11.3 Å². The molecule has 0 bridgehead atoms. The predicted octanol–water partition coefficient (Wildman–Crippen LogP) is 4.31. The lowest BCUT2D eigenvalue weighted by atomic mass is 10.0. The van der Waals surface area contributed by atoms with E-state index in [1.807, 2.05) is 30.3 Å². The average Bonchev–Trinajstić information content (AvgIpc) is 2.93. The molecule has 0 aliphatic rings. The molecule has 5 nitrogen and oxygen atoms in total. The van der Waals surface area contributed by atoms with Gasteiger partial charge in [0.15, 0.2) is 5.76 Å². The number of hydrogen-bond donors (Lipinski definition) is 0. The fraction of sp³-hybridized carbons (Fsp3) is 0.0714. The van der Waals surface area contributed by atoms with Crippen molar-refractivity contribution in [2.45, 2.75) is 6.54 Å². The summed E-state index contributed by atoms with van der Waals surface area (Å²) in [7, 11) is 0. The van der Waals surface area contributed by atoms with Gasteiger partial charge in [0, 0.05) is 10.5 Å². The summed E-state index contributed by atoms with van der Waals surface area (Å²) >= 11 is 0. The fourth-order valence-corrected chi connectivity index (χ4v) is 2.04. The van der Waals surface area contributed by atoms with Gasteiger partial charge in [-0.05, 0) is 16.3 Å². The van der Waals surface area contributed by atoms with E-state index < -0.39 is 0 Å². The summed E-state index contributed by atoms with van der Waals surface area (Å²) in [5, 5.41) is 5.69. The van der Waals surface area contributed by atoms with Crippen LogP contribution in [0.5, 0.6) is 0 Å². The first kappa shape index (κ1) is 11.3. The van der Waals surface area contributed by atoms with E-state index in [0.717, 1.165) is 16.3 Å². The van der Waals surface area contributed by atoms with Gasteiger partial charge in [0.2, 0.25) is 5.89 Å². The molecule has 0 aliphatic carbocycles. The van der Waals surface area contributed by atoms with Gasteiger partial charge in [-0.2, -0.15) is 0 Å². The third kappa shape index (κ3) is 2.14. The molecule has 3 rings (SSSR count). The van der Waals surface area contributed by atoms with E-state index >= 15 is 0 Å². The number of nitrogens with zero attached hydrogens (tertiary/aromatic N) is 4. The summed E-state index contributed by atoms with van der Waals surface area (Å²) < 4.78 is 5.60. The second-order valence-corrected chi connectivity index (χ2v) is 4.03. The van der Waals surface area contributed by atoms with Crippen LogP contribution >= 0.6 is 0 Å². The molecule has 3 aromatic rings. The molecule has 0 aliphatic heterocycles. The molecule has 0 unspecified atom stereocenters. The number of hydrogen-bond acceptors (Lipinski definition) is 3. The number of aromatic nitrogens is 1. The lowest BCUT2D eigenvalue weighted by Gasteiger charge is -2.02. The van der Waals surface area contributed by atoms with Gasteiger partial charge in [-0.3, -0.25) is 0 Å². The molecule has 92 valence electrons. The van der Waals surface area contributed by atoms with Gasteiger partial charge in [0.05, 0.1) is 6.20 Å². The van der Waals surface area contributed by atoms with E-state index in [9.17, 15) is 0 Å². The molecule has 0 atom stereocenters. The first-order valence-corrected chi connectivity index (χ1v) is 5.82. The van der Waals surface area contributed by atoms with Crippen molar-refractivity contribution in [2.24, 2.45) is 5.11 Å². The molecule has 5 heteroatoms. The summed E-state index contributed by atoms with van der Waals surface area (Å²) in [6.07, 6.45) is 1.66. The van der Waals surface area contributed by atoms with Crippen LogP contribution < -0.4 is 0 Å². The van der Waals surface area contributed by atoms with Gasteiger partial charge in [-0.15, -0.1) is 0 Å². The van der Waals surface area contributed by atoms with Crippen LogP contribution in [0.15, 0.2) is 58.2 Å². The zero-order chi connectivity index (χ0) is 13.1. The summed E-state index contributed by atoms with van der Waals surface area (Å²) in [6, 6.07) is 14.1. The number of fused-ring (bicyclic) bond motifs is 1. The van der Waals surface area contributed by atoms with Crippen molar-refractivity contribution < 1.29 is 4.42 Å². The van der Waals surface area contributed by atoms with Crippen molar-refractivity contribution in [3.63, 3.8) is 0 Å². The molecule has 1 aromatic heterocycles. The summed E-state index contributed by atoms with van der Waals surface area (Å²) in [5.74, 6) is 1.10. The molecule has 19 heavy (non-hydrogen) atoms. The van der Waals surface area contributed by atoms with Crippen molar-refractivity contribution in [1.82, 2.24) is 4.98 Å². The third-order valence-corrected chi connectivity index (χ3v) is 2.88. The van der Waals surface area contributed by atoms with Gasteiger partial charge in [-0.25, -0.2) is 4.98 Å².